The first-order valence-electron chi connectivity index (χ1n) is 8.83. The molecule has 0 aliphatic heterocycles. The summed E-state index contributed by atoms with van der Waals surface area (Å²) in [5.41, 5.74) is 2.77. The van der Waals surface area contributed by atoms with Gasteiger partial charge in [-0.2, -0.15) is 0 Å². The second kappa shape index (κ2) is 6.75. The van der Waals surface area contributed by atoms with Gasteiger partial charge in [0, 0.05) is 0 Å². The van der Waals surface area contributed by atoms with Crippen LogP contribution >= 0.6 is 0 Å². The fourth-order valence-corrected chi connectivity index (χ4v) is 3.93. The number of hydrogen-bond acceptors (Lipinski definition) is 3. The molecule has 0 spiro atoms. The highest BCUT2D eigenvalue weighted by atomic mass is 16.5. The molecular formula is C22H22O3. The molecular weight excluding hydrogens is 312 g/mol. The van der Waals surface area contributed by atoms with Gasteiger partial charge in [-0.05, 0) is 66.0 Å². The van der Waals surface area contributed by atoms with Crippen LogP contribution in [-0.4, -0.2) is 19.7 Å². The maximum Gasteiger partial charge on any atom is 0.338 e. The Morgan fingerprint density at radius 1 is 0.960 bits per heavy atom. The van der Waals surface area contributed by atoms with Gasteiger partial charge in [-0.3, -0.25) is 0 Å². The Labute approximate surface area is 148 Å². The molecule has 0 N–H and O–H groups in total. The molecule has 3 unspecified atom stereocenters. The number of benzene rings is 2. The highest BCUT2D eigenvalue weighted by Gasteiger charge is 2.36. The van der Waals surface area contributed by atoms with Crippen LogP contribution in [0.3, 0.4) is 0 Å². The molecule has 2 aliphatic carbocycles. The Morgan fingerprint density at radius 3 is 2.20 bits per heavy atom. The maximum absolute atomic E-state index is 12.3. The van der Waals surface area contributed by atoms with E-state index in [2.05, 4.69) is 12.2 Å². The SMILES string of the molecule is COc1ccc(-c2ccc(C(=O)OCC3CC4C=CC3C4)cc2)cc1. The van der Waals surface area contributed by atoms with Crippen molar-refractivity contribution in [2.45, 2.75) is 12.8 Å². The van der Waals surface area contributed by atoms with Gasteiger partial charge in [-0.15, -0.1) is 0 Å². The van der Waals surface area contributed by atoms with Gasteiger partial charge in [0.05, 0.1) is 19.3 Å². The first-order valence-corrected chi connectivity index (χ1v) is 8.83. The summed E-state index contributed by atoms with van der Waals surface area (Å²) < 4.78 is 10.7. The van der Waals surface area contributed by atoms with Gasteiger partial charge in [0.2, 0.25) is 0 Å². The summed E-state index contributed by atoms with van der Waals surface area (Å²) in [6.07, 6.45) is 6.99. The topological polar surface area (TPSA) is 35.5 Å². The maximum atomic E-state index is 12.3. The highest BCUT2D eigenvalue weighted by molar-refractivity contribution is 5.90. The van der Waals surface area contributed by atoms with Crippen LogP contribution in [0.15, 0.2) is 60.7 Å². The third-order valence-electron chi connectivity index (χ3n) is 5.39. The Balaban J connectivity index is 1.37. The van der Waals surface area contributed by atoms with E-state index in [-0.39, 0.29) is 5.97 Å². The molecule has 4 rings (SSSR count). The summed E-state index contributed by atoms with van der Waals surface area (Å²) in [6.45, 7) is 0.532. The summed E-state index contributed by atoms with van der Waals surface area (Å²) in [7, 11) is 1.66. The zero-order valence-electron chi connectivity index (χ0n) is 14.4. The number of esters is 1. The van der Waals surface area contributed by atoms with E-state index in [9.17, 15) is 4.79 Å². The number of carbonyl (C=O) groups is 1. The van der Waals surface area contributed by atoms with Crippen LogP contribution in [0.25, 0.3) is 11.1 Å². The summed E-state index contributed by atoms with van der Waals surface area (Å²) in [4.78, 5) is 12.3. The van der Waals surface area contributed by atoms with Gasteiger partial charge in [0.1, 0.15) is 5.75 Å². The van der Waals surface area contributed by atoms with Crippen LogP contribution < -0.4 is 4.74 Å². The average molecular weight is 334 g/mol. The van der Waals surface area contributed by atoms with Crippen molar-refractivity contribution in [1.29, 1.82) is 0 Å². The third-order valence-corrected chi connectivity index (χ3v) is 5.39. The van der Waals surface area contributed by atoms with E-state index in [1.807, 2.05) is 48.5 Å². The molecule has 0 amide bonds. The smallest absolute Gasteiger partial charge is 0.338 e. The Morgan fingerprint density at radius 2 is 1.64 bits per heavy atom. The molecule has 1 saturated carbocycles. The third kappa shape index (κ3) is 3.32. The minimum absolute atomic E-state index is 0.229. The predicted molar refractivity (Wildman–Crippen MR) is 97.6 cm³/mol. The van der Waals surface area contributed by atoms with Crippen molar-refractivity contribution < 1.29 is 14.3 Å². The average Bonchev–Trinajstić information content (AvgIpc) is 3.29. The van der Waals surface area contributed by atoms with Gasteiger partial charge < -0.3 is 9.47 Å². The zero-order chi connectivity index (χ0) is 17.2. The lowest BCUT2D eigenvalue weighted by atomic mass is 9.95. The molecule has 3 heteroatoms. The Bertz CT molecular complexity index is 774. The van der Waals surface area contributed by atoms with E-state index in [1.165, 1.54) is 6.42 Å². The van der Waals surface area contributed by atoms with E-state index in [1.54, 1.807) is 7.11 Å². The number of allylic oxidation sites excluding steroid dienone is 2. The summed E-state index contributed by atoms with van der Waals surface area (Å²) >= 11 is 0. The molecule has 0 saturated heterocycles. The molecule has 0 heterocycles. The van der Waals surface area contributed by atoms with Gasteiger partial charge in [-0.25, -0.2) is 4.79 Å². The van der Waals surface area contributed by atoms with Gasteiger partial charge in [0.15, 0.2) is 0 Å². The normalized spacial score (nSPS) is 23.6. The number of fused-ring (bicyclic) bond motifs is 2. The zero-order valence-corrected chi connectivity index (χ0v) is 14.4. The van der Waals surface area contributed by atoms with Crippen molar-refractivity contribution in [3.63, 3.8) is 0 Å². The lowest BCUT2D eigenvalue weighted by molar-refractivity contribution is 0.0421. The van der Waals surface area contributed by atoms with Crippen LogP contribution in [0.4, 0.5) is 0 Å². The Kier molecular flexibility index (Phi) is 4.31. The first kappa shape index (κ1) is 15.9. The van der Waals surface area contributed by atoms with Gasteiger partial charge in [-0.1, -0.05) is 36.4 Å². The molecule has 128 valence electrons. The second-order valence-electron chi connectivity index (χ2n) is 6.94. The predicted octanol–water partition coefficient (Wildman–Crippen LogP) is 4.73. The van der Waals surface area contributed by atoms with E-state index >= 15 is 0 Å². The van der Waals surface area contributed by atoms with Crippen molar-refractivity contribution in [2.24, 2.45) is 17.8 Å². The fraction of sp³-hybridized carbons (Fsp3) is 0.318. The van der Waals surface area contributed by atoms with Crippen molar-refractivity contribution in [2.75, 3.05) is 13.7 Å². The molecule has 3 nitrogen and oxygen atoms in total. The summed E-state index contributed by atoms with van der Waals surface area (Å²) in [6, 6.07) is 15.5. The number of hydrogen-bond donors (Lipinski definition) is 0. The second-order valence-corrected chi connectivity index (χ2v) is 6.94. The van der Waals surface area contributed by atoms with Crippen molar-refractivity contribution in [1.82, 2.24) is 0 Å². The number of carbonyl (C=O) groups excluding carboxylic acids is 1. The van der Waals surface area contributed by atoms with E-state index in [0.717, 1.165) is 23.3 Å². The van der Waals surface area contributed by atoms with Gasteiger partial charge in [0.25, 0.3) is 0 Å². The number of rotatable bonds is 5. The largest absolute Gasteiger partial charge is 0.497 e. The van der Waals surface area contributed by atoms with Crippen molar-refractivity contribution >= 4 is 5.97 Å². The molecule has 1 fully saturated rings. The van der Waals surface area contributed by atoms with Crippen LogP contribution in [0.1, 0.15) is 23.2 Å². The molecule has 0 radical (unpaired) electrons. The van der Waals surface area contributed by atoms with Crippen LogP contribution in [0, 0.1) is 17.8 Å². The quantitative estimate of drug-likeness (QED) is 0.586. The fourth-order valence-electron chi connectivity index (χ4n) is 3.93. The molecule has 0 aromatic heterocycles. The van der Waals surface area contributed by atoms with Crippen molar-refractivity contribution in [3.8, 4) is 16.9 Å². The minimum atomic E-state index is -0.229. The number of methoxy groups -OCH3 is 1. The Hall–Kier alpha value is -2.55. The number of ether oxygens (including phenoxy) is 2. The molecule has 2 aromatic rings. The van der Waals surface area contributed by atoms with Crippen molar-refractivity contribution in [3.05, 3.63) is 66.2 Å². The highest BCUT2D eigenvalue weighted by Crippen LogP contribution is 2.43. The molecule has 25 heavy (non-hydrogen) atoms. The van der Waals surface area contributed by atoms with Crippen LogP contribution in [0.5, 0.6) is 5.75 Å². The van der Waals surface area contributed by atoms with E-state index in [4.69, 9.17) is 9.47 Å². The molecule has 2 aliphatic rings. The van der Waals surface area contributed by atoms with Crippen LogP contribution in [-0.2, 0) is 4.74 Å². The van der Waals surface area contributed by atoms with Gasteiger partial charge >= 0.3 is 5.97 Å². The first-order chi connectivity index (χ1) is 12.2. The van der Waals surface area contributed by atoms with E-state index in [0.29, 0.717) is 29.9 Å². The standard InChI is InChI=1S/C22H22O3/c1-24-21-10-8-17(9-11-21)16-4-6-18(7-5-16)22(23)25-14-20-13-15-2-3-19(20)12-15/h2-11,15,19-20H,12-14H2,1H3. The summed E-state index contributed by atoms with van der Waals surface area (Å²) in [5, 5.41) is 0. The summed E-state index contributed by atoms with van der Waals surface area (Å²) in [5.74, 6) is 2.41. The lowest BCUT2D eigenvalue weighted by Gasteiger charge is -2.17. The molecule has 3 atom stereocenters. The van der Waals surface area contributed by atoms with E-state index < -0.39 is 0 Å². The molecule has 2 bridgehead atoms. The monoisotopic (exact) mass is 334 g/mol. The minimum Gasteiger partial charge on any atom is -0.497 e. The lowest BCUT2D eigenvalue weighted by Crippen LogP contribution is -2.17. The molecule has 2 aromatic carbocycles. The van der Waals surface area contributed by atoms with Crippen LogP contribution in [0.2, 0.25) is 0 Å².